The number of H-pyrrole nitrogens is 1. The van der Waals surface area contributed by atoms with Crippen LogP contribution >= 0.6 is 0 Å². The molecule has 2 fully saturated rings. The molecule has 3 heterocycles. The highest BCUT2D eigenvalue weighted by atomic mass is 19.4. The summed E-state index contributed by atoms with van der Waals surface area (Å²) >= 11 is 0. The van der Waals surface area contributed by atoms with Gasteiger partial charge in [-0.15, -0.1) is 13.2 Å². The van der Waals surface area contributed by atoms with Gasteiger partial charge in [0.25, 0.3) is 5.91 Å². The van der Waals surface area contributed by atoms with E-state index < -0.39 is 12.1 Å². The van der Waals surface area contributed by atoms with Gasteiger partial charge < -0.3 is 18.8 Å². The highest BCUT2D eigenvalue weighted by Crippen LogP contribution is 2.32. The highest BCUT2D eigenvalue weighted by molar-refractivity contribution is 5.97. The zero-order valence-electron chi connectivity index (χ0n) is 18.0. The Kier molecular flexibility index (Phi) is 5.82. The Morgan fingerprint density at radius 2 is 1.76 bits per heavy atom. The molecule has 0 saturated carbocycles. The van der Waals surface area contributed by atoms with Gasteiger partial charge in [0.2, 0.25) is 0 Å². The number of benzene rings is 2. The van der Waals surface area contributed by atoms with Gasteiger partial charge >= 0.3 is 12.1 Å². The lowest BCUT2D eigenvalue weighted by molar-refractivity contribution is -0.274. The van der Waals surface area contributed by atoms with Crippen LogP contribution in [0.25, 0.3) is 11.1 Å². The molecular formula is C23H22F3N3O5. The molecule has 1 N–H and O–H groups in total. The number of nitrogens with one attached hydrogen (secondary N) is 1. The number of likely N-dealkylation sites (tertiary alicyclic amines) is 2. The molecular weight excluding hydrogens is 455 g/mol. The summed E-state index contributed by atoms with van der Waals surface area (Å²) in [5.41, 5.74) is 2.16. The van der Waals surface area contributed by atoms with Gasteiger partial charge in [0, 0.05) is 31.7 Å². The lowest BCUT2D eigenvalue weighted by atomic mass is 10.0. The summed E-state index contributed by atoms with van der Waals surface area (Å²) in [5.74, 6) is -0.202. The molecule has 5 rings (SSSR count). The van der Waals surface area contributed by atoms with Crippen molar-refractivity contribution >= 4 is 17.0 Å². The van der Waals surface area contributed by atoms with Gasteiger partial charge in [-0.1, -0.05) is 12.1 Å². The molecule has 180 valence electrons. The molecule has 0 aliphatic carbocycles. The number of alkyl halides is 3. The molecule has 3 aromatic rings. The number of nitrogens with zero attached hydrogens (tertiary/aromatic N) is 2. The van der Waals surface area contributed by atoms with Gasteiger partial charge in [-0.05, 0) is 47.7 Å². The summed E-state index contributed by atoms with van der Waals surface area (Å²) in [6, 6.07) is 10.6. The van der Waals surface area contributed by atoms with Crippen molar-refractivity contribution in [2.45, 2.75) is 13.0 Å². The van der Waals surface area contributed by atoms with Gasteiger partial charge in [-0.25, -0.2) is 4.79 Å². The van der Waals surface area contributed by atoms with E-state index in [4.69, 9.17) is 9.15 Å². The Morgan fingerprint density at radius 3 is 2.44 bits per heavy atom. The predicted molar refractivity (Wildman–Crippen MR) is 114 cm³/mol. The Balaban J connectivity index is 1.08. The van der Waals surface area contributed by atoms with E-state index >= 15 is 0 Å². The minimum absolute atomic E-state index is 0.0825. The van der Waals surface area contributed by atoms with Crippen molar-refractivity contribution in [1.29, 1.82) is 0 Å². The molecule has 2 unspecified atom stereocenters. The maximum atomic E-state index is 12.9. The van der Waals surface area contributed by atoms with Gasteiger partial charge in [0.05, 0.1) is 18.9 Å². The number of rotatable bonds is 6. The zero-order chi connectivity index (χ0) is 23.9. The lowest BCUT2D eigenvalue weighted by Crippen LogP contribution is -2.34. The lowest BCUT2D eigenvalue weighted by Gasteiger charge is -2.21. The Labute approximate surface area is 191 Å². The molecule has 34 heavy (non-hydrogen) atoms. The first kappa shape index (κ1) is 22.5. The van der Waals surface area contributed by atoms with E-state index in [0.29, 0.717) is 48.3 Å². The zero-order valence-corrected chi connectivity index (χ0v) is 18.0. The van der Waals surface area contributed by atoms with Crippen molar-refractivity contribution in [3.8, 4) is 5.75 Å². The normalized spacial score (nSPS) is 20.7. The number of aromatic amines is 1. The summed E-state index contributed by atoms with van der Waals surface area (Å²) in [4.78, 5) is 30.8. The number of fused-ring (bicyclic) bond motifs is 2. The molecule has 0 bridgehead atoms. The molecule has 8 nitrogen and oxygen atoms in total. The van der Waals surface area contributed by atoms with E-state index in [1.807, 2.05) is 4.90 Å². The monoisotopic (exact) mass is 477 g/mol. The van der Waals surface area contributed by atoms with Crippen LogP contribution in [-0.2, 0) is 11.3 Å². The molecule has 11 heteroatoms. The van der Waals surface area contributed by atoms with E-state index in [0.717, 1.165) is 18.7 Å². The summed E-state index contributed by atoms with van der Waals surface area (Å²) in [6.07, 6.45) is -4.71. The average molecular weight is 477 g/mol. The first-order valence-corrected chi connectivity index (χ1v) is 10.8. The van der Waals surface area contributed by atoms with Crippen LogP contribution in [0.5, 0.6) is 5.75 Å². The van der Waals surface area contributed by atoms with E-state index in [1.54, 1.807) is 30.3 Å². The van der Waals surface area contributed by atoms with Crippen LogP contribution in [0.2, 0.25) is 0 Å². The third-order valence-corrected chi connectivity index (χ3v) is 6.22. The van der Waals surface area contributed by atoms with Gasteiger partial charge in [-0.3, -0.25) is 14.7 Å². The number of hydrogen-bond acceptors (Lipinski definition) is 6. The number of carbonyl (C=O) groups is 1. The molecule has 2 aliphatic rings. The average Bonchev–Trinajstić information content (AvgIpc) is 3.44. The first-order valence-electron chi connectivity index (χ1n) is 10.8. The summed E-state index contributed by atoms with van der Waals surface area (Å²) in [7, 11) is 0. The fourth-order valence-electron chi connectivity index (χ4n) is 4.70. The molecule has 0 radical (unpaired) electrons. The second kappa shape index (κ2) is 8.80. The molecule has 1 amide bonds. The van der Waals surface area contributed by atoms with Gasteiger partial charge in [0.15, 0.2) is 5.58 Å². The number of aromatic nitrogens is 1. The van der Waals surface area contributed by atoms with Crippen LogP contribution in [0.15, 0.2) is 51.7 Å². The largest absolute Gasteiger partial charge is 0.573 e. The summed E-state index contributed by atoms with van der Waals surface area (Å²) in [5, 5.41) is 0. The van der Waals surface area contributed by atoms with E-state index in [9.17, 15) is 22.8 Å². The topological polar surface area (TPSA) is 88.0 Å². The second-order valence-corrected chi connectivity index (χ2v) is 8.66. The quantitative estimate of drug-likeness (QED) is 0.587. The van der Waals surface area contributed by atoms with Crippen LogP contribution in [-0.4, -0.2) is 60.0 Å². The molecule has 2 aromatic carbocycles. The van der Waals surface area contributed by atoms with Crippen molar-refractivity contribution < 1.29 is 31.9 Å². The minimum Gasteiger partial charge on any atom is -0.408 e. The van der Waals surface area contributed by atoms with Crippen molar-refractivity contribution in [2.75, 3.05) is 32.9 Å². The molecule has 1 aromatic heterocycles. The number of ether oxygens (including phenoxy) is 2. The van der Waals surface area contributed by atoms with E-state index in [1.165, 1.54) is 12.1 Å². The summed E-state index contributed by atoms with van der Waals surface area (Å²) in [6.45, 7) is 3.59. The number of carbonyl (C=O) groups excluding carboxylic acids is 1. The SMILES string of the molecule is O=C(c1ccc2[nH]c(=O)oc2c1)N1CC2CN(COCc3ccc(OC(F)(F)F)cc3)CC2C1. The second-order valence-electron chi connectivity index (χ2n) is 8.66. The molecule has 2 atom stereocenters. The Bertz CT molecular complexity index is 1220. The van der Waals surface area contributed by atoms with E-state index in [-0.39, 0.29) is 18.3 Å². The fourth-order valence-corrected chi connectivity index (χ4v) is 4.70. The fraction of sp³-hybridized carbons (Fsp3) is 0.391. The number of amides is 1. The standard InChI is InChI=1S/C23H22F3N3O5/c24-23(25,26)34-18-4-1-14(2-5-18)12-32-13-28-8-16-10-29(11-17(16)9-28)21(30)15-3-6-19-20(7-15)33-22(31)27-19/h1-7,16-17H,8-13H2,(H,27,31). The van der Waals surface area contributed by atoms with Crippen molar-refractivity contribution in [3.63, 3.8) is 0 Å². The van der Waals surface area contributed by atoms with Crippen molar-refractivity contribution in [3.05, 3.63) is 64.1 Å². The van der Waals surface area contributed by atoms with E-state index in [2.05, 4.69) is 14.6 Å². The third kappa shape index (κ3) is 4.95. The maximum absolute atomic E-state index is 12.9. The predicted octanol–water partition coefficient (Wildman–Crippen LogP) is 3.20. The molecule has 2 saturated heterocycles. The van der Waals surface area contributed by atoms with Crippen LogP contribution in [0.1, 0.15) is 15.9 Å². The van der Waals surface area contributed by atoms with Crippen LogP contribution < -0.4 is 10.5 Å². The van der Waals surface area contributed by atoms with Crippen LogP contribution in [0.4, 0.5) is 13.2 Å². The van der Waals surface area contributed by atoms with Gasteiger partial charge in [-0.2, -0.15) is 0 Å². The molecule has 2 aliphatic heterocycles. The molecule has 0 spiro atoms. The highest BCUT2D eigenvalue weighted by Gasteiger charge is 2.41. The van der Waals surface area contributed by atoms with Crippen molar-refractivity contribution in [1.82, 2.24) is 14.8 Å². The maximum Gasteiger partial charge on any atom is 0.573 e. The Hall–Kier alpha value is -3.31. The third-order valence-electron chi connectivity index (χ3n) is 6.22. The number of halogens is 3. The number of oxazole rings is 1. The first-order chi connectivity index (χ1) is 16.2. The van der Waals surface area contributed by atoms with Gasteiger partial charge in [0.1, 0.15) is 5.75 Å². The number of hydrogen-bond donors (Lipinski definition) is 1. The minimum atomic E-state index is -4.71. The summed E-state index contributed by atoms with van der Waals surface area (Å²) < 4.78 is 51.4. The smallest absolute Gasteiger partial charge is 0.408 e. The van der Waals surface area contributed by atoms with Crippen LogP contribution in [0, 0.1) is 11.8 Å². The van der Waals surface area contributed by atoms with Crippen LogP contribution in [0.3, 0.4) is 0 Å². The Morgan fingerprint density at radius 1 is 1.06 bits per heavy atom. The van der Waals surface area contributed by atoms with Crippen molar-refractivity contribution in [2.24, 2.45) is 11.8 Å².